The molecule has 1 aliphatic rings. The maximum atomic E-state index is 14.8. The lowest BCUT2D eigenvalue weighted by molar-refractivity contribution is 0.415. The first-order valence-electron chi connectivity index (χ1n) is 9.73. The number of ether oxygens (including phenoxy) is 1. The van der Waals surface area contributed by atoms with E-state index in [9.17, 15) is 12.8 Å². The van der Waals surface area contributed by atoms with Crippen molar-refractivity contribution in [1.82, 2.24) is 19.7 Å². The van der Waals surface area contributed by atoms with Crippen LogP contribution in [0.25, 0.3) is 33.4 Å². The number of hydrogen-bond donors (Lipinski definition) is 0. The molecule has 9 heteroatoms. The predicted octanol–water partition coefficient (Wildman–Crippen LogP) is 4.05. The van der Waals surface area contributed by atoms with Gasteiger partial charge in [-0.2, -0.15) is 5.10 Å². The molecule has 0 spiro atoms. The third kappa shape index (κ3) is 3.44. The second-order valence-corrected chi connectivity index (χ2v) is 9.66. The van der Waals surface area contributed by atoms with E-state index in [1.165, 1.54) is 25.3 Å². The Morgan fingerprint density at radius 1 is 1.10 bits per heavy atom. The van der Waals surface area contributed by atoms with Gasteiger partial charge in [-0.1, -0.05) is 6.07 Å². The van der Waals surface area contributed by atoms with Gasteiger partial charge in [0, 0.05) is 29.0 Å². The van der Waals surface area contributed by atoms with E-state index in [1.54, 1.807) is 30.7 Å². The Morgan fingerprint density at radius 2 is 1.90 bits per heavy atom. The summed E-state index contributed by atoms with van der Waals surface area (Å²) in [6.45, 7) is 0. The largest absolute Gasteiger partial charge is 0.496 e. The molecule has 5 rings (SSSR count). The molecule has 0 aliphatic heterocycles. The maximum absolute atomic E-state index is 14.8. The fourth-order valence-electron chi connectivity index (χ4n) is 3.70. The summed E-state index contributed by atoms with van der Waals surface area (Å²) in [7, 11) is -2.00. The van der Waals surface area contributed by atoms with Crippen molar-refractivity contribution in [2.24, 2.45) is 0 Å². The highest BCUT2D eigenvalue weighted by Gasteiger charge is 2.26. The van der Waals surface area contributed by atoms with E-state index in [4.69, 9.17) is 4.74 Å². The van der Waals surface area contributed by atoms with Crippen LogP contribution < -0.4 is 4.74 Å². The smallest absolute Gasteiger partial charge is 0.183 e. The van der Waals surface area contributed by atoms with Gasteiger partial charge in [0.1, 0.15) is 17.1 Å². The number of rotatable bonds is 5. The molecule has 158 valence electrons. The minimum atomic E-state index is -3.42. The van der Waals surface area contributed by atoms with Crippen LogP contribution in [0.2, 0.25) is 0 Å². The number of fused-ring (bicyclic) bond motifs is 1. The summed E-state index contributed by atoms with van der Waals surface area (Å²) in [6, 6.07) is 9.56. The summed E-state index contributed by atoms with van der Waals surface area (Å²) in [5.41, 5.74) is 3.64. The van der Waals surface area contributed by atoms with Gasteiger partial charge in [0.05, 0.1) is 24.5 Å². The zero-order valence-corrected chi connectivity index (χ0v) is 17.7. The summed E-state index contributed by atoms with van der Waals surface area (Å²) < 4.78 is 46.0. The Hall–Kier alpha value is -3.33. The van der Waals surface area contributed by atoms with E-state index in [0.29, 0.717) is 28.3 Å². The molecule has 7 nitrogen and oxygen atoms in total. The zero-order valence-electron chi connectivity index (χ0n) is 16.9. The van der Waals surface area contributed by atoms with Gasteiger partial charge in [-0.05, 0) is 48.7 Å². The van der Waals surface area contributed by atoms with Gasteiger partial charge >= 0.3 is 0 Å². The minimum absolute atomic E-state index is 0.107. The van der Waals surface area contributed by atoms with E-state index < -0.39 is 15.7 Å². The van der Waals surface area contributed by atoms with E-state index in [1.807, 2.05) is 4.57 Å². The number of methoxy groups -OCH3 is 1. The van der Waals surface area contributed by atoms with Crippen molar-refractivity contribution < 1.29 is 17.5 Å². The SMILES string of the molecule is COc1cc(S(C)(=O)=O)ccc1-c1cc(-c2cnnc3c2ncn3C2CC2)ccc1F. The average Bonchev–Trinajstić information content (AvgIpc) is 3.51. The topological polar surface area (TPSA) is 87.0 Å². The van der Waals surface area contributed by atoms with Crippen molar-refractivity contribution in [3.8, 4) is 28.0 Å². The van der Waals surface area contributed by atoms with Gasteiger partial charge in [-0.15, -0.1) is 5.10 Å². The highest BCUT2D eigenvalue weighted by molar-refractivity contribution is 7.90. The zero-order chi connectivity index (χ0) is 21.8. The molecule has 0 bridgehead atoms. The van der Waals surface area contributed by atoms with Gasteiger partial charge in [0.2, 0.25) is 0 Å². The number of sulfone groups is 1. The molecule has 0 amide bonds. The normalized spacial score (nSPS) is 14.2. The van der Waals surface area contributed by atoms with Crippen LogP contribution in [0, 0.1) is 5.82 Å². The van der Waals surface area contributed by atoms with E-state index in [0.717, 1.165) is 30.2 Å². The number of benzene rings is 2. The second-order valence-electron chi connectivity index (χ2n) is 7.64. The minimum Gasteiger partial charge on any atom is -0.496 e. The van der Waals surface area contributed by atoms with Crippen molar-refractivity contribution in [2.75, 3.05) is 13.4 Å². The number of hydrogen-bond acceptors (Lipinski definition) is 6. The molecule has 1 aliphatic carbocycles. The van der Waals surface area contributed by atoms with Crippen molar-refractivity contribution in [2.45, 2.75) is 23.8 Å². The van der Waals surface area contributed by atoms with E-state index in [2.05, 4.69) is 15.2 Å². The van der Waals surface area contributed by atoms with Crippen molar-refractivity contribution in [3.05, 3.63) is 54.7 Å². The second kappa shape index (κ2) is 7.12. The summed E-state index contributed by atoms with van der Waals surface area (Å²) in [5, 5.41) is 8.38. The molecule has 1 saturated carbocycles. The van der Waals surface area contributed by atoms with Crippen LogP contribution in [0.15, 0.2) is 53.8 Å². The lowest BCUT2D eigenvalue weighted by atomic mass is 9.98. The molecule has 0 N–H and O–H groups in total. The van der Waals surface area contributed by atoms with Crippen LogP contribution in [0.5, 0.6) is 5.75 Å². The quantitative estimate of drug-likeness (QED) is 0.467. The van der Waals surface area contributed by atoms with Crippen LogP contribution in [-0.2, 0) is 9.84 Å². The van der Waals surface area contributed by atoms with Gasteiger partial charge in [-0.3, -0.25) is 0 Å². The Balaban J connectivity index is 1.65. The summed E-state index contributed by atoms with van der Waals surface area (Å²) in [5.74, 6) is -0.175. The van der Waals surface area contributed by atoms with Crippen LogP contribution >= 0.6 is 0 Å². The molecule has 2 aromatic heterocycles. The number of nitrogens with zero attached hydrogens (tertiary/aromatic N) is 4. The lowest BCUT2D eigenvalue weighted by Gasteiger charge is -2.13. The summed E-state index contributed by atoms with van der Waals surface area (Å²) in [6.07, 6.45) is 6.71. The van der Waals surface area contributed by atoms with Crippen molar-refractivity contribution >= 4 is 21.0 Å². The fourth-order valence-corrected chi connectivity index (χ4v) is 4.34. The van der Waals surface area contributed by atoms with Gasteiger partial charge < -0.3 is 9.30 Å². The van der Waals surface area contributed by atoms with Crippen LogP contribution in [-0.4, -0.2) is 41.5 Å². The van der Waals surface area contributed by atoms with Crippen LogP contribution in [0.3, 0.4) is 0 Å². The number of halogens is 1. The van der Waals surface area contributed by atoms with Gasteiger partial charge in [-0.25, -0.2) is 17.8 Å². The van der Waals surface area contributed by atoms with E-state index in [-0.39, 0.29) is 10.6 Å². The Morgan fingerprint density at radius 3 is 2.61 bits per heavy atom. The first-order chi connectivity index (χ1) is 14.9. The third-order valence-electron chi connectivity index (χ3n) is 5.47. The van der Waals surface area contributed by atoms with Gasteiger partial charge in [0.15, 0.2) is 15.5 Å². The maximum Gasteiger partial charge on any atom is 0.183 e. The molecular weight excluding hydrogens is 419 g/mol. The molecule has 0 atom stereocenters. The molecule has 4 aromatic rings. The van der Waals surface area contributed by atoms with Crippen LogP contribution in [0.1, 0.15) is 18.9 Å². The first kappa shape index (κ1) is 19.6. The highest BCUT2D eigenvalue weighted by Crippen LogP contribution is 2.39. The van der Waals surface area contributed by atoms with Crippen molar-refractivity contribution in [1.29, 1.82) is 0 Å². The Bertz CT molecular complexity index is 1430. The first-order valence-corrected chi connectivity index (χ1v) is 11.6. The monoisotopic (exact) mass is 438 g/mol. The summed E-state index contributed by atoms with van der Waals surface area (Å²) >= 11 is 0. The molecule has 0 radical (unpaired) electrons. The number of aromatic nitrogens is 4. The van der Waals surface area contributed by atoms with Crippen molar-refractivity contribution in [3.63, 3.8) is 0 Å². The molecular formula is C22H19FN4O3S. The molecule has 1 fully saturated rings. The molecule has 2 heterocycles. The average molecular weight is 438 g/mol. The Kier molecular flexibility index (Phi) is 4.51. The molecule has 0 unspecified atom stereocenters. The lowest BCUT2D eigenvalue weighted by Crippen LogP contribution is -1.99. The van der Waals surface area contributed by atoms with Crippen LogP contribution in [0.4, 0.5) is 4.39 Å². The number of imidazole rings is 1. The van der Waals surface area contributed by atoms with E-state index >= 15 is 0 Å². The van der Waals surface area contributed by atoms with Gasteiger partial charge in [0.25, 0.3) is 0 Å². The summed E-state index contributed by atoms with van der Waals surface area (Å²) in [4.78, 5) is 4.64. The molecule has 0 saturated heterocycles. The third-order valence-corrected chi connectivity index (χ3v) is 6.58. The molecule has 31 heavy (non-hydrogen) atoms. The predicted molar refractivity (Wildman–Crippen MR) is 114 cm³/mol. The highest BCUT2D eigenvalue weighted by atomic mass is 32.2. The standard InChI is InChI=1S/C22H19FN4O3S/c1-30-20-10-15(31(2,28)29)6-7-16(20)17-9-13(3-8-19(17)23)18-11-25-26-22-21(18)24-12-27(22)14-4-5-14/h3,6-12,14H,4-5H2,1-2H3. The molecule has 2 aromatic carbocycles. The fraction of sp³-hybridized carbons (Fsp3) is 0.227. The Labute approximate surface area is 178 Å².